The number of alkyl halides is 2. The van der Waals surface area contributed by atoms with Crippen molar-refractivity contribution in [2.45, 2.75) is 76.7 Å². The van der Waals surface area contributed by atoms with E-state index in [2.05, 4.69) is 4.98 Å². The summed E-state index contributed by atoms with van der Waals surface area (Å²) in [5.41, 5.74) is 9.92. The van der Waals surface area contributed by atoms with Gasteiger partial charge in [0.1, 0.15) is 22.8 Å². The first-order valence-electron chi connectivity index (χ1n) is 14.9. The summed E-state index contributed by atoms with van der Waals surface area (Å²) >= 11 is 0. The third-order valence-electron chi connectivity index (χ3n) is 9.30. The maximum absolute atomic E-state index is 13.9. The van der Waals surface area contributed by atoms with Crippen LogP contribution in [0.1, 0.15) is 54.6 Å². The van der Waals surface area contributed by atoms with Crippen molar-refractivity contribution in [3.63, 3.8) is 0 Å². The van der Waals surface area contributed by atoms with Crippen molar-refractivity contribution in [2.24, 2.45) is 11.7 Å². The second-order valence-corrected chi connectivity index (χ2v) is 14.2. The fourth-order valence-corrected chi connectivity index (χ4v) is 7.82. The average Bonchev–Trinajstić information content (AvgIpc) is 3.60. The molecule has 2 saturated heterocycles. The Hall–Kier alpha value is -3.78. The van der Waals surface area contributed by atoms with Crippen molar-refractivity contribution in [1.29, 1.82) is 0 Å². The molecule has 4 aromatic heterocycles. The van der Waals surface area contributed by atoms with Crippen LogP contribution in [-0.2, 0) is 16.6 Å². The molecule has 3 fully saturated rings. The van der Waals surface area contributed by atoms with Crippen LogP contribution in [0.25, 0.3) is 28.1 Å². The number of amides is 1. The minimum absolute atomic E-state index is 0.0231. The summed E-state index contributed by atoms with van der Waals surface area (Å²) in [5.74, 6) is 0.421. The number of imidazole rings is 1. The number of pyridine rings is 2. The van der Waals surface area contributed by atoms with E-state index in [0.29, 0.717) is 46.3 Å². The number of carbonyl (C=O) groups excluding carboxylic acids is 1. The first-order chi connectivity index (χ1) is 21.0. The molecule has 3 atom stereocenters. The predicted molar refractivity (Wildman–Crippen MR) is 161 cm³/mol. The smallest absolute Gasteiger partial charge is 0.329 e. The molecule has 1 amide bonds. The molecule has 14 heteroatoms. The second kappa shape index (κ2) is 10.4. The molecule has 0 aromatic carbocycles. The van der Waals surface area contributed by atoms with Crippen LogP contribution in [0, 0.1) is 12.8 Å². The first kappa shape index (κ1) is 29.0. The normalized spacial score (nSPS) is 22.0. The van der Waals surface area contributed by atoms with Crippen LogP contribution in [-0.4, -0.2) is 76.2 Å². The van der Waals surface area contributed by atoms with Crippen molar-refractivity contribution in [2.75, 3.05) is 17.7 Å². The highest BCUT2D eigenvalue weighted by atomic mass is 32.2. The molecule has 3 aliphatic rings. The second-order valence-electron chi connectivity index (χ2n) is 12.3. The summed E-state index contributed by atoms with van der Waals surface area (Å²) in [4.78, 5) is 25.2. The summed E-state index contributed by atoms with van der Waals surface area (Å²) in [7, 11) is -2.72. The van der Waals surface area contributed by atoms with E-state index in [0.717, 1.165) is 56.2 Å². The molecule has 6 heterocycles. The van der Waals surface area contributed by atoms with E-state index >= 15 is 0 Å². The molecular formula is C30H35F2N7O4S. The van der Waals surface area contributed by atoms with Gasteiger partial charge in [-0.15, -0.1) is 0 Å². The number of nitrogens with two attached hydrogens (primary N) is 1. The molecule has 11 nitrogen and oxygen atoms in total. The Labute approximate surface area is 253 Å². The quantitative estimate of drug-likeness (QED) is 0.291. The molecule has 7 rings (SSSR count). The number of ether oxygens (including phenoxy) is 1. The van der Waals surface area contributed by atoms with Crippen molar-refractivity contribution < 1.29 is 26.7 Å². The van der Waals surface area contributed by atoms with Crippen LogP contribution >= 0.6 is 0 Å². The van der Waals surface area contributed by atoms with Gasteiger partial charge in [0.2, 0.25) is 10.0 Å². The van der Waals surface area contributed by atoms with Crippen molar-refractivity contribution in [1.82, 2.24) is 23.8 Å². The largest absolute Gasteiger partial charge is 0.482 e. The van der Waals surface area contributed by atoms with E-state index in [1.807, 2.05) is 26.9 Å². The highest BCUT2D eigenvalue weighted by Crippen LogP contribution is 2.39. The van der Waals surface area contributed by atoms with Gasteiger partial charge in [-0.05, 0) is 75.6 Å². The Bertz CT molecular complexity index is 1900. The lowest BCUT2D eigenvalue weighted by molar-refractivity contribution is 0.0587. The standard InChI is InChI=1S/C30H35F2N7O4S/c1-16-27(23-11-18-9-10-24(39(30(31)32)44(3,41)42)35-28(18)36(23)15-17-7-8-17)34-25-12-19(13-26(43-2)37(16)25)29(40)38-20-5-4-6-22(38)21(33)14-20/h9-13,17,20-22,30H,4-8,14-15,33H2,1-3H3/t20-,21+,22+/m1/s1. The summed E-state index contributed by atoms with van der Waals surface area (Å²) < 4.78 is 61.6. The van der Waals surface area contributed by atoms with Gasteiger partial charge < -0.3 is 19.9 Å². The molecule has 4 aromatic rings. The van der Waals surface area contributed by atoms with Gasteiger partial charge in [0, 0.05) is 41.7 Å². The van der Waals surface area contributed by atoms with E-state index in [9.17, 15) is 22.0 Å². The van der Waals surface area contributed by atoms with E-state index in [1.54, 1.807) is 25.3 Å². The van der Waals surface area contributed by atoms with E-state index in [-0.39, 0.29) is 34.2 Å². The number of methoxy groups -OCH3 is 1. The van der Waals surface area contributed by atoms with E-state index in [1.165, 1.54) is 6.07 Å². The van der Waals surface area contributed by atoms with Gasteiger partial charge in [-0.1, -0.05) is 0 Å². The van der Waals surface area contributed by atoms with E-state index < -0.39 is 16.6 Å². The lowest BCUT2D eigenvalue weighted by Gasteiger charge is -2.35. The molecule has 0 unspecified atom stereocenters. The SMILES string of the molecule is COc1cc(C(=O)N2[C@@H]3CCC[C@H]2[C@@H](N)C3)cc2nc(-c3cc4ccc(N(C(F)F)S(C)(=O)=O)nc4n3CC3CC3)c(C)n12. The minimum atomic E-state index is -4.27. The van der Waals surface area contributed by atoms with Gasteiger partial charge in [0.05, 0.1) is 24.8 Å². The molecule has 2 aliphatic heterocycles. The zero-order valence-corrected chi connectivity index (χ0v) is 25.6. The van der Waals surface area contributed by atoms with Crippen molar-refractivity contribution in [3.05, 3.63) is 41.6 Å². The maximum atomic E-state index is 13.9. The van der Waals surface area contributed by atoms with Gasteiger partial charge in [-0.25, -0.2) is 18.4 Å². The monoisotopic (exact) mass is 627 g/mol. The molecule has 2 N–H and O–H groups in total. The fourth-order valence-electron chi connectivity index (χ4n) is 7.09. The Morgan fingerprint density at radius 1 is 1.16 bits per heavy atom. The average molecular weight is 628 g/mol. The number of hydrogen-bond acceptors (Lipinski definition) is 7. The minimum Gasteiger partial charge on any atom is -0.482 e. The fraction of sp³-hybridized carbons (Fsp3) is 0.500. The summed E-state index contributed by atoms with van der Waals surface area (Å²) in [6, 6.07) is 8.44. The Balaban J connectivity index is 1.35. The number of carbonyl (C=O) groups is 1. The van der Waals surface area contributed by atoms with Gasteiger partial charge in [-0.3, -0.25) is 9.20 Å². The molecule has 2 bridgehead atoms. The topological polar surface area (TPSA) is 128 Å². The number of nitrogens with zero attached hydrogens (tertiary/aromatic N) is 6. The molecule has 0 radical (unpaired) electrons. The third kappa shape index (κ3) is 4.69. The van der Waals surface area contributed by atoms with Crippen LogP contribution in [0.2, 0.25) is 0 Å². The number of sulfonamides is 1. The number of halogens is 2. The van der Waals surface area contributed by atoms with Crippen LogP contribution in [0.15, 0.2) is 30.3 Å². The number of fused-ring (bicyclic) bond motifs is 4. The van der Waals surface area contributed by atoms with Gasteiger partial charge in [0.25, 0.3) is 5.91 Å². The molecular weight excluding hydrogens is 592 g/mol. The van der Waals surface area contributed by atoms with Crippen molar-refractivity contribution in [3.8, 4) is 17.3 Å². The number of rotatable bonds is 8. The highest BCUT2D eigenvalue weighted by Gasteiger charge is 2.44. The lowest BCUT2D eigenvalue weighted by Crippen LogP contribution is -2.47. The molecule has 44 heavy (non-hydrogen) atoms. The number of piperidine rings is 1. The van der Waals surface area contributed by atoms with Gasteiger partial charge in [0.15, 0.2) is 5.88 Å². The zero-order chi connectivity index (χ0) is 31.1. The van der Waals surface area contributed by atoms with Crippen LogP contribution in [0.5, 0.6) is 5.88 Å². The molecule has 234 valence electrons. The number of aryl methyl sites for hydroxylation is 1. The summed E-state index contributed by atoms with van der Waals surface area (Å²) in [6.07, 6.45) is 6.50. The van der Waals surface area contributed by atoms with E-state index in [4.69, 9.17) is 15.5 Å². The summed E-state index contributed by atoms with van der Waals surface area (Å²) in [5, 5.41) is 0.670. The molecule has 0 spiro atoms. The molecule has 1 saturated carbocycles. The number of anilines is 1. The molecule has 1 aliphatic carbocycles. The predicted octanol–water partition coefficient (Wildman–Crippen LogP) is 4.16. The highest BCUT2D eigenvalue weighted by molar-refractivity contribution is 7.92. The van der Waals surface area contributed by atoms with Gasteiger partial charge >= 0.3 is 6.55 Å². The lowest BCUT2D eigenvalue weighted by atomic mass is 10.0. The Kier molecular flexibility index (Phi) is 6.85. The summed E-state index contributed by atoms with van der Waals surface area (Å²) in [6.45, 7) is -0.791. The Morgan fingerprint density at radius 2 is 1.93 bits per heavy atom. The van der Waals surface area contributed by atoms with Crippen molar-refractivity contribution >= 4 is 38.4 Å². The maximum Gasteiger partial charge on any atom is 0.329 e. The van der Waals surface area contributed by atoms with Crippen LogP contribution in [0.4, 0.5) is 14.6 Å². The first-order valence-corrected chi connectivity index (χ1v) is 16.7. The van der Waals surface area contributed by atoms with Crippen LogP contribution in [0.3, 0.4) is 0 Å². The van der Waals surface area contributed by atoms with Crippen LogP contribution < -0.4 is 14.8 Å². The number of hydrogen-bond donors (Lipinski definition) is 1. The zero-order valence-electron chi connectivity index (χ0n) is 24.8. The number of aromatic nitrogens is 4. The Morgan fingerprint density at radius 3 is 2.59 bits per heavy atom. The van der Waals surface area contributed by atoms with Gasteiger partial charge in [-0.2, -0.15) is 13.1 Å². The third-order valence-corrected chi connectivity index (χ3v) is 10.4.